The Morgan fingerprint density at radius 1 is 1.15 bits per heavy atom. The normalized spacial score (nSPS) is 16.4. The molecule has 39 heavy (non-hydrogen) atoms. The topological polar surface area (TPSA) is 114 Å². The second kappa shape index (κ2) is 9.16. The number of hydrogen-bond donors (Lipinski definition) is 1. The monoisotopic (exact) mass is 559 g/mol. The number of imidazole rings is 1. The first kappa shape index (κ1) is 25.5. The van der Waals surface area contributed by atoms with Gasteiger partial charge in [0.1, 0.15) is 5.69 Å². The summed E-state index contributed by atoms with van der Waals surface area (Å²) >= 11 is 0. The second-order valence-electron chi connectivity index (χ2n) is 9.83. The fourth-order valence-corrected chi connectivity index (χ4v) is 5.63. The van der Waals surface area contributed by atoms with Gasteiger partial charge in [0.05, 0.1) is 30.2 Å². The van der Waals surface area contributed by atoms with Crippen molar-refractivity contribution < 1.29 is 26.4 Å². The van der Waals surface area contributed by atoms with E-state index in [1.54, 1.807) is 28.8 Å². The number of aromatic nitrogens is 5. The van der Waals surface area contributed by atoms with E-state index in [9.17, 15) is 26.4 Å². The van der Waals surface area contributed by atoms with Crippen LogP contribution >= 0.6 is 0 Å². The number of halogens is 3. The average molecular weight is 560 g/mol. The first-order valence-electron chi connectivity index (χ1n) is 12.4. The minimum absolute atomic E-state index is 0.0237. The third kappa shape index (κ3) is 4.67. The summed E-state index contributed by atoms with van der Waals surface area (Å²) in [5.74, 6) is 0.535. The molecule has 0 saturated heterocycles. The van der Waals surface area contributed by atoms with Crippen molar-refractivity contribution in [1.82, 2.24) is 33.8 Å². The third-order valence-corrected chi connectivity index (χ3v) is 8.49. The molecule has 1 aromatic carbocycles. The van der Waals surface area contributed by atoms with E-state index >= 15 is 0 Å². The highest BCUT2D eigenvalue weighted by atomic mass is 32.2. The van der Waals surface area contributed by atoms with Crippen molar-refractivity contribution in [3.63, 3.8) is 0 Å². The average Bonchev–Trinajstić information content (AvgIpc) is 3.54. The molecule has 0 bridgehead atoms. The van der Waals surface area contributed by atoms with E-state index < -0.39 is 22.1 Å². The van der Waals surface area contributed by atoms with Crippen LogP contribution in [0.4, 0.5) is 13.2 Å². The van der Waals surface area contributed by atoms with Crippen molar-refractivity contribution in [3.05, 3.63) is 70.9 Å². The zero-order valence-electron chi connectivity index (χ0n) is 20.8. The lowest BCUT2D eigenvalue weighted by atomic mass is 10.1. The molecule has 2 aliphatic rings. The molecular weight excluding hydrogens is 535 g/mol. The molecule has 1 N–H and O–H groups in total. The molecular formula is C25H24F3N7O3S. The number of nitrogens with zero attached hydrogens (tertiary/aromatic N) is 6. The van der Waals surface area contributed by atoms with Crippen LogP contribution in [0.2, 0.25) is 0 Å². The maximum absolute atomic E-state index is 13.2. The molecule has 204 valence electrons. The van der Waals surface area contributed by atoms with E-state index in [2.05, 4.69) is 20.4 Å². The van der Waals surface area contributed by atoms with Crippen molar-refractivity contribution in [2.24, 2.45) is 0 Å². The Morgan fingerprint density at radius 3 is 2.59 bits per heavy atom. The zero-order chi connectivity index (χ0) is 27.5. The van der Waals surface area contributed by atoms with E-state index in [0.29, 0.717) is 27.2 Å². The third-order valence-electron chi connectivity index (χ3n) is 6.91. The minimum Gasteiger partial charge on any atom is -0.347 e. The van der Waals surface area contributed by atoms with Gasteiger partial charge in [-0.2, -0.15) is 22.6 Å². The van der Waals surface area contributed by atoms with Gasteiger partial charge < -0.3 is 5.32 Å². The summed E-state index contributed by atoms with van der Waals surface area (Å²) in [5.41, 5.74) is -0.686. The van der Waals surface area contributed by atoms with Gasteiger partial charge in [0.2, 0.25) is 5.78 Å². The predicted octanol–water partition coefficient (Wildman–Crippen LogP) is 3.37. The van der Waals surface area contributed by atoms with E-state index in [0.717, 1.165) is 35.2 Å². The first-order chi connectivity index (χ1) is 18.5. The van der Waals surface area contributed by atoms with Crippen LogP contribution in [0.3, 0.4) is 0 Å². The van der Waals surface area contributed by atoms with Crippen LogP contribution in [0.5, 0.6) is 0 Å². The van der Waals surface area contributed by atoms with Crippen molar-refractivity contribution in [2.45, 2.75) is 50.8 Å². The fourth-order valence-electron chi connectivity index (χ4n) is 4.71. The van der Waals surface area contributed by atoms with Crippen molar-refractivity contribution in [3.8, 4) is 11.3 Å². The number of fused-ring (bicyclic) bond motifs is 2. The molecule has 0 spiro atoms. The van der Waals surface area contributed by atoms with Crippen LogP contribution in [0.25, 0.3) is 17.0 Å². The number of alkyl halides is 3. The predicted molar refractivity (Wildman–Crippen MR) is 134 cm³/mol. The Morgan fingerprint density at radius 2 is 1.90 bits per heavy atom. The number of aryl methyl sites for hydroxylation is 1. The standard InChI is InChI=1S/C25H24F3N7O3S/c1-15-11-30-24-31-21(18-6-7-18)22(34(24)13-15)23(36)29-12-16-2-4-17(5-3-16)20-10-19-14-33(8-9-35(19)32-20)39(37,38)25(26,27)28/h2-5,10-11,13,18H,6-9,12,14H2,1H3,(H,29,36). The Labute approximate surface area is 221 Å². The van der Waals surface area contributed by atoms with Crippen LogP contribution in [-0.2, 0) is 29.7 Å². The van der Waals surface area contributed by atoms with Crippen LogP contribution < -0.4 is 5.32 Å². The molecule has 0 atom stereocenters. The number of sulfonamides is 1. The van der Waals surface area contributed by atoms with Gasteiger partial charge in [0.25, 0.3) is 5.91 Å². The van der Waals surface area contributed by atoms with Crippen molar-refractivity contribution in [2.75, 3.05) is 6.54 Å². The van der Waals surface area contributed by atoms with E-state index in [-0.39, 0.29) is 31.5 Å². The highest BCUT2D eigenvalue weighted by molar-refractivity contribution is 7.89. The Hall–Kier alpha value is -3.78. The number of carbonyl (C=O) groups excluding carboxylic acids is 1. The molecule has 3 aromatic heterocycles. The van der Waals surface area contributed by atoms with Gasteiger partial charge in [-0.05, 0) is 37.0 Å². The van der Waals surface area contributed by atoms with Gasteiger partial charge in [-0.1, -0.05) is 24.3 Å². The number of hydrogen-bond acceptors (Lipinski definition) is 6. The van der Waals surface area contributed by atoms with Crippen LogP contribution in [-0.4, -0.2) is 54.8 Å². The number of amides is 1. The highest BCUT2D eigenvalue weighted by Crippen LogP contribution is 2.41. The lowest BCUT2D eigenvalue weighted by Crippen LogP contribution is -2.44. The number of nitrogens with one attached hydrogen (secondary N) is 1. The van der Waals surface area contributed by atoms with Gasteiger partial charge in [-0.15, -0.1) is 0 Å². The number of carbonyl (C=O) groups is 1. The lowest BCUT2D eigenvalue weighted by Gasteiger charge is -2.27. The second-order valence-corrected chi connectivity index (χ2v) is 11.8. The highest BCUT2D eigenvalue weighted by Gasteiger charge is 2.50. The molecule has 1 fully saturated rings. The smallest absolute Gasteiger partial charge is 0.347 e. The first-order valence-corrected chi connectivity index (χ1v) is 13.8. The van der Waals surface area contributed by atoms with E-state index in [1.165, 1.54) is 4.68 Å². The van der Waals surface area contributed by atoms with Crippen molar-refractivity contribution in [1.29, 1.82) is 0 Å². The minimum atomic E-state index is -5.40. The summed E-state index contributed by atoms with van der Waals surface area (Å²) in [7, 11) is -5.40. The Bertz CT molecular complexity index is 1690. The largest absolute Gasteiger partial charge is 0.511 e. The Kier molecular flexibility index (Phi) is 5.99. The molecule has 1 aliphatic heterocycles. The summed E-state index contributed by atoms with van der Waals surface area (Å²) < 4.78 is 66.1. The maximum Gasteiger partial charge on any atom is 0.511 e. The summed E-state index contributed by atoms with van der Waals surface area (Å²) in [5, 5.41) is 7.40. The molecule has 14 heteroatoms. The van der Waals surface area contributed by atoms with E-state index in [1.807, 2.05) is 25.3 Å². The zero-order valence-corrected chi connectivity index (χ0v) is 21.6. The molecule has 0 radical (unpaired) electrons. The summed E-state index contributed by atoms with van der Waals surface area (Å²) in [6.45, 7) is 1.50. The van der Waals surface area contributed by atoms with Crippen molar-refractivity contribution >= 4 is 21.7 Å². The fraction of sp³-hybridized carbons (Fsp3) is 0.360. The SMILES string of the molecule is Cc1cnc2nc(C3CC3)c(C(=O)NCc3ccc(-c4cc5n(n4)CCN(S(=O)(=O)C(F)(F)F)C5)cc3)n2c1. The molecule has 1 saturated carbocycles. The molecule has 4 heterocycles. The summed E-state index contributed by atoms with van der Waals surface area (Å²) in [6, 6.07) is 8.86. The maximum atomic E-state index is 13.2. The molecule has 0 unspecified atom stereocenters. The summed E-state index contributed by atoms with van der Waals surface area (Å²) in [6.07, 6.45) is 5.57. The van der Waals surface area contributed by atoms with Crippen LogP contribution in [0.1, 0.15) is 51.8 Å². The lowest BCUT2D eigenvalue weighted by molar-refractivity contribution is -0.0496. The van der Waals surface area contributed by atoms with Gasteiger partial charge in [-0.25, -0.2) is 18.4 Å². The van der Waals surface area contributed by atoms with Gasteiger partial charge in [0.15, 0.2) is 0 Å². The molecule has 1 aliphatic carbocycles. The molecule has 4 aromatic rings. The quantitative estimate of drug-likeness (QED) is 0.388. The molecule has 6 rings (SSSR count). The van der Waals surface area contributed by atoms with Crippen LogP contribution in [0.15, 0.2) is 42.7 Å². The van der Waals surface area contributed by atoms with Crippen LogP contribution in [0, 0.1) is 6.92 Å². The summed E-state index contributed by atoms with van der Waals surface area (Å²) in [4.78, 5) is 22.1. The number of benzene rings is 1. The van der Waals surface area contributed by atoms with E-state index in [4.69, 9.17) is 0 Å². The molecule has 10 nitrogen and oxygen atoms in total. The van der Waals surface area contributed by atoms with Gasteiger partial charge >= 0.3 is 15.5 Å². The van der Waals surface area contributed by atoms with Gasteiger partial charge in [0, 0.05) is 37.0 Å². The number of rotatable bonds is 6. The molecule has 1 amide bonds. The Balaban J connectivity index is 1.15. The van der Waals surface area contributed by atoms with Gasteiger partial charge in [-0.3, -0.25) is 13.9 Å².